The van der Waals surface area contributed by atoms with Crippen LogP contribution >= 0.6 is 0 Å². The van der Waals surface area contributed by atoms with Crippen LogP contribution in [0.2, 0.25) is 0 Å². The molecular weight excluding hydrogens is 313 g/mol. The molecule has 1 aromatic rings. The summed E-state index contributed by atoms with van der Waals surface area (Å²) in [4.78, 5) is 27.9. The maximum atomic E-state index is 13.6. The zero-order valence-corrected chi connectivity index (χ0v) is 14.3. The fraction of sp³-hybridized carbons (Fsp3) is 0.529. The number of nitrogens with zero attached hydrogens (tertiary/aromatic N) is 2. The first kappa shape index (κ1) is 18.4. The molecule has 1 atom stereocenters. The van der Waals surface area contributed by atoms with Gasteiger partial charge in [0.15, 0.2) is 0 Å². The SMILES string of the molecule is COCC(=O)N1CCN(C(C)C(=O)Nc2ccc(C)c(F)c2)CC1. The molecule has 1 fully saturated rings. The van der Waals surface area contributed by atoms with Crippen molar-refractivity contribution in [2.75, 3.05) is 45.2 Å². The number of halogens is 1. The van der Waals surface area contributed by atoms with Gasteiger partial charge in [0.1, 0.15) is 12.4 Å². The molecule has 0 saturated carbocycles. The highest BCUT2D eigenvalue weighted by molar-refractivity contribution is 5.94. The van der Waals surface area contributed by atoms with Crippen LogP contribution in [0.3, 0.4) is 0 Å². The number of hydrogen-bond donors (Lipinski definition) is 1. The minimum Gasteiger partial charge on any atom is -0.375 e. The van der Waals surface area contributed by atoms with Crippen LogP contribution in [0.5, 0.6) is 0 Å². The molecule has 1 N–H and O–H groups in total. The number of benzene rings is 1. The highest BCUT2D eigenvalue weighted by Crippen LogP contribution is 2.15. The topological polar surface area (TPSA) is 61.9 Å². The second kappa shape index (κ2) is 8.21. The van der Waals surface area contributed by atoms with E-state index in [9.17, 15) is 14.0 Å². The van der Waals surface area contributed by atoms with Gasteiger partial charge >= 0.3 is 0 Å². The van der Waals surface area contributed by atoms with E-state index in [1.807, 2.05) is 11.8 Å². The second-order valence-electron chi connectivity index (χ2n) is 5.98. The summed E-state index contributed by atoms with van der Waals surface area (Å²) in [7, 11) is 1.49. The van der Waals surface area contributed by atoms with Crippen molar-refractivity contribution in [3.8, 4) is 0 Å². The first-order valence-corrected chi connectivity index (χ1v) is 8.00. The second-order valence-corrected chi connectivity index (χ2v) is 5.98. The summed E-state index contributed by atoms with van der Waals surface area (Å²) in [6, 6.07) is 4.29. The van der Waals surface area contributed by atoms with Crippen LogP contribution in [0, 0.1) is 12.7 Å². The molecule has 0 bridgehead atoms. The molecule has 1 saturated heterocycles. The molecule has 1 unspecified atom stereocenters. The highest BCUT2D eigenvalue weighted by Gasteiger charge is 2.27. The van der Waals surface area contributed by atoms with Crippen molar-refractivity contribution in [1.82, 2.24) is 9.80 Å². The van der Waals surface area contributed by atoms with Crippen molar-refractivity contribution in [1.29, 1.82) is 0 Å². The van der Waals surface area contributed by atoms with E-state index in [1.165, 1.54) is 13.2 Å². The van der Waals surface area contributed by atoms with Gasteiger partial charge in [0.2, 0.25) is 11.8 Å². The summed E-state index contributed by atoms with van der Waals surface area (Å²) in [5.41, 5.74) is 0.988. The molecule has 0 radical (unpaired) electrons. The van der Waals surface area contributed by atoms with Crippen LogP contribution < -0.4 is 5.32 Å². The van der Waals surface area contributed by atoms with E-state index in [4.69, 9.17) is 4.74 Å². The van der Waals surface area contributed by atoms with Crippen molar-refractivity contribution in [2.45, 2.75) is 19.9 Å². The Morgan fingerprint density at radius 2 is 1.96 bits per heavy atom. The van der Waals surface area contributed by atoms with Gasteiger partial charge in [-0.05, 0) is 31.5 Å². The lowest BCUT2D eigenvalue weighted by Gasteiger charge is -2.37. The molecule has 0 aliphatic carbocycles. The smallest absolute Gasteiger partial charge is 0.248 e. The molecule has 0 aromatic heterocycles. The van der Waals surface area contributed by atoms with Crippen molar-refractivity contribution in [3.05, 3.63) is 29.6 Å². The van der Waals surface area contributed by atoms with E-state index in [0.29, 0.717) is 37.4 Å². The lowest BCUT2D eigenvalue weighted by molar-refractivity contribution is -0.137. The monoisotopic (exact) mass is 337 g/mol. The Hall–Kier alpha value is -1.99. The Labute approximate surface area is 141 Å². The van der Waals surface area contributed by atoms with E-state index >= 15 is 0 Å². The van der Waals surface area contributed by atoms with Crippen LogP contribution in [0.1, 0.15) is 12.5 Å². The highest BCUT2D eigenvalue weighted by atomic mass is 19.1. The fourth-order valence-electron chi connectivity index (χ4n) is 2.66. The van der Waals surface area contributed by atoms with Crippen molar-refractivity contribution < 1.29 is 18.7 Å². The van der Waals surface area contributed by atoms with Gasteiger partial charge in [0.25, 0.3) is 0 Å². The largest absolute Gasteiger partial charge is 0.375 e. The summed E-state index contributed by atoms with van der Waals surface area (Å²) in [5.74, 6) is -0.565. The quantitative estimate of drug-likeness (QED) is 0.878. The summed E-state index contributed by atoms with van der Waals surface area (Å²) in [6.45, 7) is 5.94. The molecule has 0 spiro atoms. The first-order chi connectivity index (χ1) is 11.4. The molecule has 1 aliphatic heterocycles. The third kappa shape index (κ3) is 4.52. The van der Waals surface area contributed by atoms with Crippen LogP contribution in [0.15, 0.2) is 18.2 Å². The standard InChI is InChI=1S/C17H24FN3O3/c1-12-4-5-14(10-15(12)18)19-17(23)13(2)20-6-8-21(9-7-20)16(22)11-24-3/h4-5,10,13H,6-9,11H2,1-3H3,(H,19,23). The normalized spacial score (nSPS) is 16.8. The number of aryl methyl sites for hydroxylation is 1. The molecule has 1 heterocycles. The van der Waals surface area contributed by atoms with Crippen LogP contribution in [0.4, 0.5) is 10.1 Å². The number of hydrogen-bond acceptors (Lipinski definition) is 4. The maximum Gasteiger partial charge on any atom is 0.248 e. The minimum absolute atomic E-state index is 0.0376. The van der Waals surface area contributed by atoms with Gasteiger partial charge in [-0.1, -0.05) is 6.07 Å². The van der Waals surface area contributed by atoms with E-state index in [0.717, 1.165) is 0 Å². The summed E-state index contributed by atoms with van der Waals surface area (Å²) in [6.07, 6.45) is 0. The van der Waals surface area contributed by atoms with Crippen molar-refractivity contribution >= 4 is 17.5 Å². The lowest BCUT2D eigenvalue weighted by atomic mass is 10.2. The predicted molar refractivity (Wildman–Crippen MR) is 89.3 cm³/mol. The zero-order chi connectivity index (χ0) is 17.7. The van der Waals surface area contributed by atoms with Crippen LogP contribution in [-0.2, 0) is 14.3 Å². The number of amides is 2. The third-order valence-electron chi connectivity index (χ3n) is 4.30. The Balaban J connectivity index is 1.87. The van der Waals surface area contributed by atoms with Gasteiger partial charge in [-0.15, -0.1) is 0 Å². The summed E-state index contributed by atoms with van der Waals surface area (Å²) < 4.78 is 18.4. The van der Waals surface area contributed by atoms with Crippen LogP contribution in [-0.4, -0.2) is 67.6 Å². The maximum absolute atomic E-state index is 13.6. The molecule has 2 rings (SSSR count). The van der Waals surface area contributed by atoms with Gasteiger partial charge in [0.05, 0.1) is 6.04 Å². The molecule has 24 heavy (non-hydrogen) atoms. The Kier molecular flexibility index (Phi) is 6.28. The molecule has 1 aromatic carbocycles. The number of rotatable bonds is 5. The molecule has 132 valence electrons. The van der Waals surface area contributed by atoms with E-state index in [1.54, 1.807) is 24.0 Å². The number of nitrogens with one attached hydrogen (secondary N) is 1. The van der Waals surface area contributed by atoms with Crippen molar-refractivity contribution in [2.24, 2.45) is 0 Å². The number of piperazine rings is 1. The number of anilines is 1. The lowest BCUT2D eigenvalue weighted by Crippen LogP contribution is -2.54. The number of carbonyl (C=O) groups is 2. The van der Waals surface area contributed by atoms with Crippen molar-refractivity contribution in [3.63, 3.8) is 0 Å². The molecule has 6 nitrogen and oxygen atoms in total. The van der Waals surface area contributed by atoms with Gasteiger partial charge in [-0.3, -0.25) is 14.5 Å². The van der Waals surface area contributed by atoms with E-state index in [-0.39, 0.29) is 30.3 Å². The summed E-state index contributed by atoms with van der Waals surface area (Å²) in [5, 5.41) is 2.74. The Morgan fingerprint density at radius 1 is 1.29 bits per heavy atom. The zero-order valence-electron chi connectivity index (χ0n) is 14.3. The molecular formula is C17H24FN3O3. The van der Waals surface area contributed by atoms with Gasteiger partial charge in [0, 0.05) is 39.0 Å². The third-order valence-corrected chi connectivity index (χ3v) is 4.30. The molecule has 1 aliphatic rings. The molecule has 7 heteroatoms. The number of ether oxygens (including phenoxy) is 1. The van der Waals surface area contributed by atoms with Crippen LogP contribution in [0.25, 0.3) is 0 Å². The predicted octanol–water partition coefficient (Wildman–Crippen LogP) is 1.25. The number of methoxy groups -OCH3 is 1. The Morgan fingerprint density at radius 3 is 2.54 bits per heavy atom. The van der Waals surface area contributed by atoms with Gasteiger partial charge in [-0.25, -0.2) is 4.39 Å². The first-order valence-electron chi connectivity index (χ1n) is 8.00. The average Bonchev–Trinajstić information content (AvgIpc) is 2.58. The number of carbonyl (C=O) groups excluding carboxylic acids is 2. The Bertz CT molecular complexity index is 601. The average molecular weight is 337 g/mol. The van der Waals surface area contributed by atoms with E-state index in [2.05, 4.69) is 5.32 Å². The van der Waals surface area contributed by atoms with Gasteiger partial charge in [-0.2, -0.15) is 0 Å². The minimum atomic E-state index is -0.353. The van der Waals surface area contributed by atoms with Gasteiger partial charge < -0.3 is 15.0 Å². The van der Waals surface area contributed by atoms with E-state index < -0.39 is 0 Å². The fourth-order valence-corrected chi connectivity index (χ4v) is 2.66. The molecule has 2 amide bonds. The summed E-state index contributed by atoms with van der Waals surface area (Å²) >= 11 is 0.